The first-order chi connectivity index (χ1) is 10.5. The van der Waals surface area contributed by atoms with Crippen LogP contribution in [0.2, 0.25) is 0 Å². The van der Waals surface area contributed by atoms with E-state index in [1.54, 1.807) is 18.5 Å². The van der Waals surface area contributed by atoms with E-state index in [-0.39, 0.29) is 5.92 Å². The maximum Gasteiger partial charge on any atom is 0.326 e. The lowest BCUT2D eigenvalue weighted by atomic mass is 9.99. The number of rotatable bonds is 6. The molecule has 0 aliphatic carbocycles. The molecule has 116 valence electrons. The number of hydrogen-bond donors (Lipinski definition) is 2. The van der Waals surface area contributed by atoms with Gasteiger partial charge in [-0.05, 0) is 25.0 Å². The summed E-state index contributed by atoms with van der Waals surface area (Å²) in [6.07, 6.45) is 4.13. The normalized spacial score (nSPS) is 13.4. The molecule has 2 heterocycles. The molecule has 0 amide bonds. The van der Waals surface area contributed by atoms with Gasteiger partial charge in [0.15, 0.2) is 5.82 Å². The average molecular weight is 300 g/mol. The smallest absolute Gasteiger partial charge is 0.326 e. The van der Waals surface area contributed by atoms with Gasteiger partial charge in [0.2, 0.25) is 0 Å². The summed E-state index contributed by atoms with van der Waals surface area (Å²) >= 11 is 0. The number of carbonyl (C=O) groups is 1. The van der Waals surface area contributed by atoms with Crippen LogP contribution >= 0.6 is 0 Å². The molecule has 0 radical (unpaired) electrons. The fourth-order valence-electron chi connectivity index (χ4n) is 2.11. The van der Waals surface area contributed by atoms with Gasteiger partial charge in [0.05, 0.1) is 0 Å². The van der Waals surface area contributed by atoms with Crippen molar-refractivity contribution >= 4 is 11.8 Å². The van der Waals surface area contributed by atoms with E-state index in [4.69, 9.17) is 0 Å². The number of carboxylic acid groups (broad SMARTS) is 1. The van der Waals surface area contributed by atoms with E-state index >= 15 is 0 Å². The van der Waals surface area contributed by atoms with E-state index in [0.717, 1.165) is 17.7 Å². The Labute approximate surface area is 129 Å². The molecule has 0 aromatic carbocycles. The van der Waals surface area contributed by atoms with E-state index in [0.29, 0.717) is 11.6 Å². The second kappa shape index (κ2) is 6.98. The number of pyridine rings is 1. The summed E-state index contributed by atoms with van der Waals surface area (Å²) in [5.74, 6) is 0.158. The maximum absolute atomic E-state index is 11.4. The second-order valence-electron chi connectivity index (χ2n) is 5.31. The van der Waals surface area contributed by atoms with Gasteiger partial charge < -0.3 is 10.4 Å². The summed E-state index contributed by atoms with van der Waals surface area (Å²) in [6.45, 7) is 5.72. The predicted octanol–water partition coefficient (Wildman–Crippen LogP) is 2.76. The van der Waals surface area contributed by atoms with Gasteiger partial charge in [-0.3, -0.25) is 4.98 Å². The first-order valence-corrected chi connectivity index (χ1v) is 7.26. The van der Waals surface area contributed by atoms with E-state index < -0.39 is 12.0 Å². The zero-order valence-corrected chi connectivity index (χ0v) is 12.9. The third-order valence-electron chi connectivity index (χ3n) is 3.56. The van der Waals surface area contributed by atoms with E-state index in [1.807, 2.05) is 32.9 Å². The fraction of sp³-hybridized carbons (Fsp3) is 0.375. The van der Waals surface area contributed by atoms with Crippen molar-refractivity contribution < 1.29 is 9.90 Å². The summed E-state index contributed by atoms with van der Waals surface area (Å²) in [4.78, 5) is 24.3. The molecule has 6 heteroatoms. The number of aliphatic carboxylic acids is 1. The van der Waals surface area contributed by atoms with Gasteiger partial charge in [-0.15, -0.1) is 0 Å². The van der Waals surface area contributed by atoms with Crippen LogP contribution in [0.3, 0.4) is 0 Å². The molecule has 0 unspecified atom stereocenters. The molecule has 0 saturated heterocycles. The predicted molar refractivity (Wildman–Crippen MR) is 84.5 cm³/mol. The Morgan fingerprint density at radius 3 is 2.77 bits per heavy atom. The lowest BCUT2D eigenvalue weighted by Crippen LogP contribution is -2.35. The lowest BCUT2D eigenvalue weighted by molar-refractivity contribution is -0.139. The average Bonchev–Trinajstić information content (AvgIpc) is 2.52. The number of nitrogens with zero attached hydrogens (tertiary/aromatic N) is 3. The van der Waals surface area contributed by atoms with Crippen molar-refractivity contribution in [1.82, 2.24) is 15.0 Å². The molecular formula is C16H20N4O2. The molecular weight excluding hydrogens is 280 g/mol. The fourth-order valence-corrected chi connectivity index (χ4v) is 2.11. The standard InChI is InChI=1S/C16H20N4O2/c1-4-10(2)14(16(21)22)19-13-8-11(3)18-15(20-13)12-6-5-7-17-9-12/h5-10,14H,4H2,1-3H3,(H,21,22)(H,18,19,20)/t10-,14-/m0/s1. The Morgan fingerprint density at radius 1 is 1.41 bits per heavy atom. The third kappa shape index (κ3) is 3.78. The molecule has 6 nitrogen and oxygen atoms in total. The van der Waals surface area contributed by atoms with E-state index in [1.165, 1.54) is 0 Å². The molecule has 0 saturated carbocycles. The number of hydrogen-bond acceptors (Lipinski definition) is 5. The van der Waals surface area contributed by atoms with Crippen molar-refractivity contribution in [3.63, 3.8) is 0 Å². The Bertz CT molecular complexity index is 646. The zero-order valence-electron chi connectivity index (χ0n) is 12.9. The molecule has 0 fully saturated rings. The molecule has 2 N–H and O–H groups in total. The summed E-state index contributed by atoms with van der Waals surface area (Å²) in [7, 11) is 0. The van der Waals surface area contributed by atoms with Gasteiger partial charge in [0, 0.05) is 29.7 Å². The van der Waals surface area contributed by atoms with Crippen LogP contribution in [0.25, 0.3) is 11.4 Å². The van der Waals surface area contributed by atoms with Crippen molar-refractivity contribution in [2.75, 3.05) is 5.32 Å². The largest absolute Gasteiger partial charge is 0.480 e. The molecule has 2 aromatic heterocycles. The lowest BCUT2D eigenvalue weighted by Gasteiger charge is -2.21. The van der Waals surface area contributed by atoms with Gasteiger partial charge in [-0.25, -0.2) is 14.8 Å². The number of anilines is 1. The SMILES string of the molecule is CC[C@H](C)[C@H](Nc1cc(C)nc(-c2cccnc2)n1)C(=O)O. The zero-order chi connectivity index (χ0) is 16.1. The second-order valence-corrected chi connectivity index (χ2v) is 5.31. The number of carboxylic acids is 1. The molecule has 0 aliphatic heterocycles. The Kier molecular flexibility index (Phi) is 5.04. The summed E-state index contributed by atoms with van der Waals surface area (Å²) < 4.78 is 0. The molecule has 2 rings (SSSR count). The minimum Gasteiger partial charge on any atom is -0.480 e. The summed E-state index contributed by atoms with van der Waals surface area (Å²) in [5, 5.41) is 12.4. The monoisotopic (exact) mass is 300 g/mol. The van der Waals surface area contributed by atoms with Crippen molar-refractivity contribution in [1.29, 1.82) is 0 Å². The van der Waals surface area contributed by atoms with Crippen LogP contribution in [0.15, 0.2) is 30.6 Å². The van der Waals surface area contributed by atoms with Gasteiger partial charge in [0.1, 0.15) is 11.9 Å². The van der Waals surface area contributed by atoms with Gasteiger partial charge in [-0.1, -0.05) is 20.3 Å². The minimum atomic E-state index is -0.881. The third-order valence-corrected chi connectivity index (χ3v) is 3.56. The van der Waals surface area contributed by atoms with Crippen molar-refractivity contribution in [2.45, 2.75) is 33.2 Å². The van der Waals surface area contributed by atoms with Gasteiger partial charge >= 0.3 is 5.97 Å². The van der Waals surface area contributed by atoms with Crippen LogP contribution in [0.4, 0.5) is 5.82 Å². The van der Waals surface area contributed by atoms with E-state index in [2.05, 4.69) is 20.3 Å². The number of nitrogens with one attached hydrogen (secondary N) is 1. The van der Waals surface area contributed by atoms with Crippen LogP contribution in [-0.2, 0) is 4.79 Å². The molecule has 0 aliphatic rings. The highest BCUT2D eigenvalue weighted by Crippen LogP contribution is 2.19. The van der Waals surface area contributed by atoms with Crippen LogP contribution in [-0.4, -0.2) is 32.1 Å². The number of aromatic nitrogens is 3. The van der Waals surface area contributed by atoms with Crippen LogP contribution in [0.5, 0.6) is 0 Å². The summed E-state index contributed by atoms with van der Waals surface area (Å²) in [6, 6.07) is 4.75. The first-order valence-electron chi connectivity index (χ1n) is 7.26. The van der Waals surface area contributed by atoms with Crippen LogP contribution < -0.4 is 5.32 Å². The van der Waals surface area contributed by atoms with Crippen molar-refractivity contribution in [3.8, 4) is 11.4 Å². The van der Waals surface area contributed by atoms with E-state index in [9.17, 15) is 9.90 Å². The van der Waals surface area contributed by atoms with Crippen LogP contribution in [0, 0.1) is 12.8 Å². The highest BCUT2D eigenvalue weighted by Gasteiger charge is 2.24. The summed E-state index contributed by atoms with van der Waals surface area (Å²) in [5.41, 5.74) is 1.56. The van der Waals surface area contributed by atoms with Crippen LogP contribution in [0.1, 0.15) is 26.0 Å². The molecule has 2 aromatic rings. The Morgan fingerprint density at radius 2 is 2.18 bits per heavy atom. The van der Waals surface area contributed by atoms with Crippen molar-refractivity contribution in [2.24, 2.45) is 5.92 Å². The quantitative estimate of drug-likeness (QED) is 0.853. The van der Waals surface area contributed by atoms with Gasteiger partial charge in [0.25, 0.3) is 0 Å². The molecule has 22 heavy (non-hydrogen) atoms. The first kappa shape index (κ1) is 15.9. The highest BCUT2D eigenvalue weighted by atomic mass is 16.4. The van der Waals surface area contributed by atoms with Crippen molar-refractivity contribution in [3.05, 3.63) is 36.3 Å². The minimum absolute atomic E-state index is 0.00499. The number of aryl methyl sites for hydroxylation is 1. The molecule has 0 spiro atoms. The Hall–Kier alpha value is -2.50. The topological polar surface area (TPSA) is 88.0 Å². The Balaban J connectivity index is 2.32. The molecule has 2 atom stereocenters. The maximum atomic E-state index is 11.4. The highest BCUT2D eigenvalue weighted by molar-refractivity contribution is 5.77. The van der Waals surface area contributed by atoms with Gasteiger partial charge in [-0.2, -0.15) is 0 Å². The molecule has 0 bridgehead atoms.